The minimum Gasteiger partial charge on any atom is -0.423 e. The van der Waals surface area contributed by atoms with E-state index in [-0.39, 0.29) is 5.97 Å². The summed E-state index contributed by atoms with van der Waals surface area (Å²) < 4.78 is 5.50. The molecule has 3 heteroatoms. The first-order chi connectivity index (χ1) is 12.7. The summed E-state index contributed by atoms with van der Waals surface area (Å²) in [6.45, 7) is 2.26. The highest BCUT2D eigenvalue weighted by Gasteiger charge is 2.33. The van der Waals surface area contributed by atoms with Gasteiger partial charge in [0.2, 0.25) is 0 Å². The summed E-state index contributed by atoms with van der Waals surface area (Å²) in [6.07, 6.45) is 14.9. The molecule has 1 aromatic carbocycles. The van der Waals surface area contributed by atoms with E-state index in [1.165, 1.54) is 69.5 Å². The summed E-state index contributed by atoms with van der Waals surface area (Å²) in [7, 11) is 0. The minimum atomic E-state index is -0.360. The van der Waals surface area contributed by atoms with Gasteiger partial charge < -0.3 is 4.74 Å². The molecule has 1 heterocycles. The van der Waals surface area contributed by atoms with Crippen LogP contribution in [0.15, 0.2) is 48.8 Å². The van der Waals surface area contributed by atoms with E-state index in [4.69, 9.17) is 4.74 Å². The molecule has 1 aromatic heterocycles. The lowest BCUT2D eigenvalue weighted by atomic mass is 9.66. The number of hydrogen-bond donors (Lipinski definition) is 0. The lowest BCUT2D eigenvalue weighted by molar-refractivity contribution is 0.0734. The summed E-state index contributed by atoms with van der Waals surface area (Å²) in [4.78, 5) is 16.1. The normalized spacial score (nSPS) is 16.2. The van der Waals surface area contributed by atoms with Crippen molar-refractivity contribution in [1.29, 1.82) is 0 Å². The van der Waals surface area contributed by atoms with Crippen molar-refractivity contribution in [2.24, 2.45) is 0 Å². The van der Waals surface area contributed by atoms with Crippen LogP contribution in [0, 0.1) is 0 Å². The van der Waals surface area contributed by atoms with Crippen LogP contribution >= 0.6 is 0 Å². The van der Waals surface area contributed by atoms with E-state index in [1.807, 2.05) is 12.1 Å². The number of rotatable bonds is 7. The van der Waals surface area contributed by atoms with Crippen molar-refractivity contribution in [2.45, 2.75) is 70.1 Å². The minimum absolute atomic E-state index is 0.319. The zero-order valence-corrected chi connectivity index (χ0v) is 15.7. The third kappa shape index (κ3) is 4.51. The highest BCUT2D eigenvalue weighted by molar-refractivity contribution is 5.90. The monoisotopic (exact) mass is 351 g/mol. The molecule has 2 aromatic rings. The largest absolute Gasteiger partial charge is 0.423 e. The Labute approximate surface area is 156 Å². The first-order valence-corrected chi connectivity index (χ1v) is 9.96. The molecule has 3 nitrogen and oxygen atoms in total. The van der Waals surface area contributed by atoms with Gasteiger partial charge in [0.05, 0.1) is 5.56 Å². The Kier molecular flexibility index (Phi) is 6.43. The summed E-state index contributed by atoms with van der Waals surface area (Å²) in [5.41, 5.74) is 2.20. The Morgan fingerprint density at radius 2 is 1.85 bits per heavy atom. The van der Waals surface area contributed by atoms with Crippen molar-refractivity contribution in [3.8, 4) is 5.75 Å². The summed E-state index contributed by atoms with van der Waals surface area (Å²) in [6, 6.07) is 11.7. The lowest BCUT2D eigenvalue weighted by Gasteiger charge is -2.38. The number of hydrogen-bond acceptors (Lipinski definition) is 3. The molecule has 0 bridgehead atoms. The van der Waals surface area contributed by atoms with Crippen LogP contribution in [0.4, 0.5) is 0 Å². The SMILES string of the molecule is CCCCCC1(c2ccc(OC(=O)c3cccnc3)cc2)CCCCC1. The van der Waals surface area contributed by atoms with Gasteiger partial charge in [0.25, 0.3) is 0 Å². The number of unbranched alkanes of at least 4 members (excludes halogenated alkanes) is 2. The van der Waals surface area contributed by atoms with Gasteiger partial charge >= 0.3 is 5.97 Å². The van der Waals surface area contributed by atoms with E-state index in [9.17, 15) is 4.79 Å². The molecule has 0 atom stereocenters. The predicted molar refractivity (Wildman–Crippen MR) is 105 cm³/mol. The van der Waals surface area contributed by atoms with Gasteiger partial charge in [-0.05, 0) is 54.5 Å². The van der Waals surface area contributed by atoms with Crippen LogP contribution in [0.2, 0.25) is 0 Å². The van der Waals surface area contributed by atoms with Crippen molar-refractivity contribution in [3.63, 3.8) is 0 Å². The van der Waals surface area contributed by atoms with Crippen LogP contribution in [0.25, 0.3) is 0 Å². The highest BCUT2D eigenvalue weighted by atomic mass is 16.5. The first-order valence-electron chi connectivity index (χ1n) is 9.96. The molecule has 0 amide bonds. The van der Waals surface area contributed by atoms with Crippen molar-refractivity contribution >= 4 is 5.97 Å². The number of nitrogens with zero attached hydrogens (tertiary/aromatic N) is 1. The maximum absolute atomic E-state index is 12.2. The molecule has 1 aliphatic carbocycles. The van der Waals surface area contributed by atoms with Crippen LogP contribution in [-0.4, -0.2) is 11.0 Å². The average Bonchev–Trinajstić information content (AvgIpc) is 2.70. The molecule has 1 fully saturated rings. The van der Waals surface area contributed by atoms with Gasteiger partial charge in [0.1, 0.15) is 5.75 Å². The number of ether oxygens (including phenoxy) is 1. The van der Waals surface area contributed by atoms with Gasteiger partial charge in [-0.25, -0.2) is 4.79 Å². The lowest BCUT2D eigenvalue weighted by Crippen LogP contribution is -2.29. The van der Waals surface area contributed by atoms with Gasteiger partial charge in [0, 0.05) is 12.4 Å². The van der Waals surface area contributed by atoms with E-state index in [2.05, 4.69) is 24.0 Å². The van der Waals surface area contributed by atoms with Crippen LogP contribution in [-0.2, 0) is 5.41 Å². The number of esters is 1. The Morgan fingerprint density at radius 1 is 1.08 bits per heavy atom. The third-order valence-corrected chi connectivity index (χ3v) is 5.64. The van der Waals surface area contributed by atoms with Gasteiger partial charge in [-0.15, -0.1) is 0 Å². The second-order valence-electron chi connectivity index (χ2n) is 7.45. The predicted octanol–water partition coefficient (Wildman–Crippen LogP) is 6.08. The Morgan fingerprint density at radius 3 is 2.50 bits per heavy atom. The Balaban J connectivity index is 1.71. The molecular weight excluding hydrogens is 322 g/mol. The number of pyridine rings is 1. The molecule has 3 rings (SSSR count). The molecule has 1 aliphatic rings. The number of carbonyl (C=O) groups is 1. The van der Waals surface area contributed by atoms with Gasteiger partial charge in [-0.3, -0.25) is 4.98 Å². The van der Waals surface area contributed by atoms with Crippen molar-refractivity contribution in [3.05, 3.63) is 59.9 Å². The summed E-state index contributed by atoms with van der Waals surface area (Å²) >= 11 is 0. The van der Waals surface area contributed by atoms with Crippen molar-refractivity contribution in [2.75, 3.05) is 0 Å². The molecule has 0 unspecified atom stereocenters. The summed E-state index contributed by atoms with van der Waals surface area (Å²) in [5, 5.41) is 0. The van der Waals surface area contributed by atoms with Gasteiger partial charge in [0.15, 0.2) is 0 Å². The standard InChI is InChI=1S/C23H29NO2/c1-2-3-5-14-23(15-6-4-7-16-23)20-10-12-21(13-11-20)26-22(25)19-9-8-17-24-18-19/h8-13,17-18H,2-7,14-16H2,1H3. The van der Waals surface area contributed by atoms with Gasteiger partial charge in [-0.1, -0.05) is 57.6 Å². The molecule has 0 spiro atoms. The van der Waals surface area contributed by atoms with Crippen LogP contribution in [0.1, 0.15) is 80.6 Å². The molecule has 0 aliphatic heterocycles. The Hall–Kier alpha value is -2.16. The van der Waals surface area contributed by atoms with Crippen LogP contribution < -0.4 is 4.74 Å². The molecule has 0 saturated heterocycles. The van der Waals surface area contributed by atoms with Gasteiger partial charge in [-0.2, -0.15) is 0 Å². The van der Waals surface area contributed by atoms with Crippen LogP contribution in [0.5, 0.6) is 5.75 Å². The zero-order valence-electron chi connectivity index (χ0n) is 15.7. The van der Waals surface area contributed by atoms with Crippen molar-refractivity contribution in [1.82, 2.24) is 4.98 Å². The molecule has 138 valence electrons. The fraction of sp³-hybridized carbons (Fsp3) is 0.478. The second-order valence-corrected chi connectivity index (χ2v) is 7.45. The quantitative estimate of drug-likeness (QED) is 0.344. The number of aromatic nitrogens is 1. The fourth-order valence-corrected chi connectivity index (χ4v) is 4.15. The molecular formula is C23H29NO2. The zero-order chi connectivity index (χ0) is 18.2. The van der Waals surface area contributed by atoms with E-state index >= 15 is 0 Å². The molecule has 26 heavy (non-hydrogen) atoms. The number of benzene rings is 1. The van der Waals surface area contributed by atoms with E-state index in [0.29, 0.717) is 16.7 Å². The maximum Gasteiger partial charge on any atom is 0.345 e. The van der Waals surface area contributed by atoms with Crippen LogP contribution in [0.3, 0.4) is 0 Å². The first kappa shape index (κ1) is 18.6. The molecule has 0 N–H and O–H groups in total. The smallest absolute Gasteiger partial charge is 0.345 e. The molecule has 0 radical (unpaired) electrons. The fourth-order valence-electron chi connectivity index (χ4n) is 4.15. The maximum atomic E-state index is 12.2. The van der Waals surface area contributed by atoms with E-state index in [0.717, 1.165) is 0 Å². The topological polar surface area (TPSA) is 39.2 Å². The van der Waals surface area contributed by atoms with Crippen molar-refractivity contribution < 1.29 is 9.53 Å². The number of carbonyl (C=O) groups excluding carboxylic acids is 1. The molecule has 1 saturated carbocycles. The average molecular weight is 351 g/mol. The highest BCUT2D eigenvalue weighted by Crippen LogP contribution is 2.43. The van der Waals surface area contributed by atoms with E-state index < -0.39 is 0 Å². The van der Waals surface area contributed by atoms with E-state index in [1.54, 1.807) is 18.3 Å². The summed E-state index contributed by atoms with van der Waals surface area (Å²) in [5.74, 6) is 0.239. The third-order valence-electron chi connectivity index (χ3n) is 5.64. The second kappa shape index (κ2) is 8.98. The Bertz CT molecular complexity index is 688.